The summed E-state index contributed by atoms with van der Waals surface area (Å²) in [6, 6.07) is 2.39. The number of sulfonamides is 1. The second-order valence-corrected chi connectivity index (χ2v) is 15.1. The van der Waals surface area contributed by atoms with E-state index in [0.717, 1.165) is 50.1 Å². The van der Waals surface area contributed by atoms with E-state index in [4.69, 9.17) is 21.1 Å². The van der Waals surface area contributed by atoms with Gasteiger partial charge in [0.1, 0.15) is 9.81 Å². The average molecular weight is 560 g/mol. The van der Waals surface area contributed by atoms with Crippen molar-refractivity contribution in [2.24, 2.45) is 5.92 Å². The Morgan fingerprint density at radius 1 is 1.19 bits per heavy atom. The van der Waals surface area contributed by atoms with Gasteiger partial charge in [0.2, 0.25) is 0 Å². The summed E-state index contributed by atoms with van der Waals surface area (Å²) in [5.74, 6) is 0.531. The van der Waals surface area contributed by atoms with E-state index in [9.17, 15) is 13.2 Å². The van der Waals surface area contributed by atoms with Crippen LogP contribution in [0.2, 0.25) is 4.34 Å². The van der Waals surface area contributed by atoms with Gasteiger partial charge in [-0.05, 0) is 57.6 Å². The van der Waals surface area contributed by atoms with E-state index >= 15 is 0 Å². The number of carbonyl (C=O) groups excluding carboxylic acids is 1. The number of morpholine rings is 1. The summed E-state index contributed by atoms with van der Waals surface area (Å²) in [6.45, 7) is 10.1. The van der Waals surface area contributed by atoms with Crippen LogP contribution >= 0.6 is 22.9 Å². The minimum absolute atomic E-state index is 0.100. The van der Waals surface area contributed by atoms with Gasteiger partial charge in [-0.2, -0.15) is 4.31 Å². The zero-order valence-corrected chi connectivity index (χ0v) is 23.8. The summed E-state index contributed by atoms with van der Waals surface area (Å²) in [5, 5.41) is 0. The van der Waals surface area contributed by atoms with E-state index in [2.05, 4.69) is 25.7 Å². The third-order valence-electron chi connectivity index (χ3n) is 8.54. The fraction of sp³-hybridized carbons (Fsp3) is 0.800. The third kappa shape index (κ3) is 5.31. The van der Waals surface area contributed by atoms with Gasteiger partial charge < -0.3 is 14.4 Å². The maximum Gasteiger partial charge on any atom is 0.410 e. The van der Waals surface area contributed by atoms with Crippen molar-refractivity contribution in [3.8, 4) is 0 Å². The zero-order chi connectivity index (χ0) is 25.7. The topological polar surface area (TPSA) is 79.4 Å². The first-order valence-corrected chi connectivity index (χ1v) is 15.8. The van der Waals surface area contributed by atoms with Crippen molar-refractivity contribution in [3.63, 3.8) is 0 Å². The van der Waals surface area contributed by atoms with Crippen molar-refractivity contribution in [2.75, 3.05) is 39.4 Å². The molecular formula is C25H38ClN3O5S2. The molecule has 0 spiro atoms. The van der Waals surface area contributed by atoms with E-state index in [1.165, 1.54) is 0 Å². The Kier molecular flexibility index (Phi) is 7.41. The second-order valence-electron chi connectivity index (χ2n) is 11.4. The molecule has 0 bridgehead atoms. The smallest absolute Gasteiger partial charge is 0.410 e. The second kappa shape index (κ2) is 10.0. The maximum absolute atomic E-state index is 13.9. The molecule has 0 unspecified atom stereocenters. The van der Waals surface area contributed by atoms with Crippen LogP contribution in [0.5, 0.6) is 0 Å². The van der Waals surface area contributed by atoms with Crippen LogP contribution in [0.4, 0.5) is 4.79 Å². The SMILES string of the molecule is CCC(C)(C)N1CCN(C(=O)OC2([C@H]3COC[C@@H](CC4CC4)N3S(=O)(=O)c3ccc(Cl)s3)CC2)CC1. The molecule has 0 aromatic carbocycles. The average Bonchev–Trinajstić information content (AvgIpc) is 3.78. The molecule has 2 saturated heterocycles. The number of amides is 1. The molecule has 5 rings (SSSR count). The number of carbonyl (C=O) groups is 1. The van der Waals surface area contributed by atoms with Crippen LogP contribution in [-0.2, 0) is 19.5 Å². The first-order chi connectivity index (χ1) is 17.1. The fourth-order valence-corrected chi connectivity index (χ4v) is 8.94. The molecule has 36 heavy (non-hydrogen) atoms. The van der Waals surface area contributed by atoms with E-state index in [0.29, 0.717) is 42.8 Å². The van der Waals surface area contributed by atoms with Gasteiger partial charge in [0.15, 0.2) is 0 Å². The van der Waals surface area contributed by atoms with Crippen LogP contribution in [0.3, 0.4) is 0 Å². The van der Waals surface area contributed by atoms with Crippen LogP contribution < -0.4 is 0 Å². The summed E-state index contributed by atoms with van der Waals surface area (Å²) in [6.07, 6.45) is 5.01. The van der Waals surface area contributed by atoms with Crippen molar-refractivity contribution in [2.45, 2.75) is 86.7 Å². The molecule has 2 atom stereocenters. The molecule has 1 aromatic rings. The predicted octanol–water partition coefficient (Wildman–Crippen LogP) is 4.44. The molecule has 2 saturated carbocycles. The van der Waals surface area contributed by atoms with Gasteiger partial charge in [-0.1, -0.05) is 31.4 Å². The lowest BCUT2D eigenvalue weighted by Crippen LogP contribution is -2.61. The Morgan fingerprint density at radius 2 is 1.89 bits per heavy atom. The lowest BCUT2D eigenvalue weighted by Gasteiger charge is -2.45. The lowest BCUT2D eigenvalue weighted by molar-refractivity contribution is -0.0757. The first kappa shape index (κ1) is 26.7. The number of ether oxygens (including phenoxy) is 2. The largest absolute Gasteiger partial charge is 0.441 e. The molecule has 11 heteroatoms. The van der Waals surface area contributed by atoms with Gasteiger partial charge in [0, 0.05) is 37.8 Å². The molecule has 3 heterocycles. The molecule has 2 aliphatic carbocycles. The Morgan fingerprint density at radius 3 is 2.44 bits per heavy atom. The number of piperazine rings is 1. The van der Waals surface area contributed by atoms with Crippen molar-refractivity contribution >= 4 is 39.1 Å². The lowest BCUT2D eigenvalue weighted by atomic mass is 9.98. The molecule has 2 aliphatic heterocycles. The third-order valence-corrected chi connectivity index (χ3v) is 12.2. The van der Waals surface area contributed by atoms with Gasteiger partial charge in [-0.3, -0.25) is 4.90 Å². The molecule has 0 radical (unpaired) electrons. The highest BCUT2D eigenvalue weighted by Crippen LogP contribution is 2.49. The van der Waals surface area contributed by atoms with Crippen LogP contribution in [0.1, 0.15) is 59.3 Å². The van der Waals surface area contributed by atoms with Gasteiger partial charge in [0.05, 0.1) is 23.6 Å². The van der Waals surface area contributed by atoms with Crippen molar-refractivity contribution in [3.05, 3.63) is 16.5 Å². The number of hydrogen-bond donors (Lipinski definition) is 0. The molecular weight excluding hydrogens is 522 g/mol. The van der Waals surface area contributed by atoms with Gasteiger partial charge in [0.25, 0.3) is 10.0 Å². The Balaban J connectivity index is 1.33. The fourth-order valence-electron chi connectivity index (χ4n) is 5.50. The summed E-state index contributed by atoms with van der Waals surface area (Å²) in [7, 11) is -3.81. The molecule has 4 fully saturated rings. The highest BCUT2D eigenvalue weighted by Gasteiger charge is 2.61. The van der Waals surface area contributed by atoms with Gasteiger partial charge in [-0.15, -0.1) is 11.3 Å². The number of nitrogens with zero attached hydrogens (tertiary/aromatic N) is 3. The zero-order valence-electron chi connectivity index (χ0n) is 21.4. The van der Waals surface area contributed by atoms with Gasteiger partial charge in [-0.25, -0.2) is 13.2 Å². The van der Waals surface area contributed by atoms with Crippen molar-refractivity contribution in [1.82, 2.24) is 14.1 Å². The minimum atomic E-state index is -3.81. The highest BCUT2D eigenvalue weighted by molar-refractivity contribution is 7.91. The number of halogens is 1. The van der Waals surface area contributed by atoms with E-state index in [1.54, 1.807) is 21.3 Å². The predicted molar refractivity (Wildman–Crippen MR) is 140 cm³/mol. The molecule has 0 N–H and O–H groups in total. The van der Waals surface area contributed by atoms with E-state index in [1.807, 2.05) is 0 Å². The van der Waals surface area contributed by atoms with Crippen LogP contribution in [-0.4, -0.2) is 91.2 Å². The Labute approximate surface area is 223 Å². The Bertz CT molecular complexity index is 1060. The molecule has 1 aromatic heterocycles. The van der Waals surface area contributed by atoms with Crippen LogP contribution in [0.15, 0.2) is 16.3 Å². The van der Waals surface area contributed by atoms with Crippen LogP contribution in [0, 0.1) is 5.92 Å². The minimum Gasteiger partial charge on any atom is -0.441 e. The summed E-state index contributed by atoms with van der Waals surface area (Å²) in [5.41, 5.74) is -0.740. The summed E-state index contributed by atoms with van der Waals surface area (Å²) >= 11 is 7.18. The number of rotatable bonds is 8. The highest BCUT2D eigenvalue weighted by atomic mass is 35.5. The van der Waals surface area contributed by atoms with Crippen molar-refractivity contribution in [1.29, 1.82) is 0 Å². The maximum atomic E-state index is 13.9. The van der Waals surface area contributed by atoms with Gasteiger partial charge >= 0.3 is 6.09 Å². The Hall–Kier alpha value is -0.910. The first-order valence-electron chi connectivity index (χ1n) is 13.2. The number of thiophene rings is 1. The molecule has 1 amide bonds. The quantitative estimate of drug-likeness (QED) is 0.469. The molecule has 4 aliphatic rings. The standard InChI is InChI=1S/C25H38ClN3O5S2/c1-4-24(2,3)28-13-11-27(12-14-28)23(30)34-25(9-10-25)20-17-33-16-19(15-18-5-6-18)29(20)36(31,32)22-8-7-21(26)35-22/h7-8,18-20H,4-6,9-17H2,1-3H3/t19-,20-/m1/s1. The normalized spacial score (nSPS) is 27.7. The molecule has 8 nitrogen and oxygen atoms in total. The van der Waals surface area contributed by atoms with Crippen molar-refractivity contribution < 1.29 is 22.7 Å². The monoisotopic (exact) mass is 559 g/mol. The molecule has 202 valence electrons. The van der Waals surface area contributed by atoms with E-state index < -0.39 is 21.7 Å². The summed E-state index contributed by atoms with van der Waals surface area (Å²) in [4.78, 5) is 17.5. The van der Waals surface area contributed by atoms with Crippen LogP contribution in [0.25, 0.3) is 0 Å². The van der Waals surface area contributed by atoms with E-state index in [-0.39, 0.29) is 28.5 Å². The number of hydrogen-bond acceptors (Lipinski definition) is 7. The summed E-state index contributed by atoms with van der Waals surface area (Å²) < 4.78 is 42.3.